The highest BCUT2D eigenvalue weighted by molar-refractivity contribution is 5.50. The predicted octanol–water partition coefficient (Wildman–Crippen LogP) is 6.45. The normalized spacial score (nSPS) is 25.8. The highest BCUT2D eigenvalue weighted by Crippen LogP contribution is 2.30. The van der Waals surface area contributed by atoms with Gasteiger partial charge in [0.1, 0.15) is 6.29 Å². The van der Waals surface area contributed by atoms with Crippen LogP contribution in [0.1, 0.15) is 94.4 Å². The van der Waals surface area contributed by atoms with E-state index in [-0.39, 0.29) is 12.2 Å². The zero-order valence-corrected chi connectivity index (χ0v) is 23.4. The van der Waals surface area contributed by atoms with Crippen molar-refractivity contribution >= 4 is 6.29 Å². The fourth-order valence-corrected chi connectivity index (χ4v) is 3.17. The van der Waals surface area contributed by atoms with Gasteiger partial charge < -0.3 is 24.3 Å². The van der Waals surface area contributed by atoms with Crippen LogP contribution >= 0.6 is 0 Å². The molecule has 194 valence electrons. The zero-order chi connectivity index (χ0) is 25.6. The average Bonchev–Trinajstić information content (AvgIpc) is 2.78. The molecule has 0 aromatic carbocycles. The lowest BCUT2D eigenvalue weighted by atomic mass is 9.85. The monoisotopic (exact) mass is 459 g/mol. The summed E-state index contributed by atoms with van der Waals surface area (Å²) in [5, 5.41) is 3.14. The molecule has 2 fully saturated rings. The molecule has 0 radical (unpaired) electrons. The molecule has 0 spiro atoms. The topological polar surface area (TPSA) is 56.8 Å². The Morgan fingerprint density at radius 1 is 1.19 bits per heavy atom. The van der Waals surface area contributed by atoms with Crippen molar-refractivity contribution in [2.24, 2.45) is 11.3 Å². The lowest BCUT2D eigenvalue weighted by Crippen LogP contribution is -2.36. The molecule has 0 bridgehead atoms. The summed E-state index contributed by atoms with van der Waals surface area (Å²) in [5.74, 6) is 0.424. The molecule has 32 heavy (non-hydrogen) atoms. The van der Waals surface area contributed by atoms with Gasteiger partial charge in [0.25, 0.3) is 0 Å². The number of hydrogen-bond donors (Lipinski definition) is 1. The number of carbonyl (C=O) groups is 1. The molecule has 2 heterocycles. The second-order valence-electron chi connectivity index (χ2n) is 8.70. The van der Waals surface area contributed by atoms with Crippen molar-refractivity contribution in [2.45, 2.75) is 113 Å². The number of carbonyl (C=O) groups excluding carboxylic acids is 1. The van der Waals surface area contributed by atoms with E-state index in [1.807, 2.05) is 41.7 Å². The van der Waals surface area contributed by atoms with Crippen molar-refractivity contribution in [1.82, 2.24) is 5.32 Å². The van der Waals surface area contributed by atoms with Crippen LogP contribution in [0.3, 0.4) is 0 Å². The maximum absolute atomic E-state index is 10.3. The van der Waals surface area contributed by atoms with E-state index in [9.17, 15) is 4.79 Å². The number of rotatable bonds is 6. The Balaban J connectivity index is -0.000000388. The number of hydrogen-bond acceptors (Lipinski definition) is 5. The Morgan fingerprint density at radius 3 is 2.12 bits per heavy atom. The fraction of sp³-hybridized carbons (Fsp3) is 0.889. The molecule has 5 nitrogen and oxygen atoms in total. The largest absolute Gasteiger partial charge is 0.385 e. The standard InChI is InChI=1S/C10H16O2.C9H19NO.C4H10O.2C2H6/c1-7-6-10(4-5-11)12-9(3)8(7)2;1-9(2)5-4-8(6-10-3)11-7-9;1-3-4-5-2;2*1-2/h5,8-10H,1,4,6H2,2-3H3;8,10H,4-7H2,1-3H3;3-4H2,1-2H3;2*1-2H3. The molecule has 0 aromatic rings. The van der Waals surface area contributed by atoms with Crippen LogP contribution in [-0.2, 0) is 19.0 Å². The van der Waals surface area contributed by atoms with Crippen molar-refractivity contribution in [1.29, 1.82) is 0 Å². The van der Waals surface area contributed by atoms with E-state index in [0.29, 0.717) is 23.9 Å². The predicted molar refractivity (Wildman–Crippen MR) is 139 cm³/mol. The van der Waals surface area contributed by atoms with Gasteiger partial charge in [0.2, 0.25) is 0 Å². The molecule has 5 heteroatoms. The summed E-state index contributed by atoms with van der Waals surface area (Å²) in [5.41, 5.74) is 1.62. The Labute approximate surface area is 201 Å². The SMILES string of the molecule is C=C1CC(CC=O)OC(C)C1C.CC.CC.CCCOC.CNCC1CCC(C)(C)CO1. The minimum absolute atomic E-state index is 0.0706. The molecule has 0 amide bonds. The van der Waals surface area contributed by atoms with Crippen LogP contribution in [0.2, 0.25) is 0 Å². The van der Waals surface area contributed by atoms with Crippen molar-refractivity contribution in [3.05, 3.63) is 12.2 Å². The van der Waals surface area contributed by atoms with E-state index < -0.39 is 0 Å². The summed E-state index contributed by atoms with van der Waals surface area (Å²) in [6.07, 6.45) is 6.59. The van der Waals surface area contributed by atoms with Crippen LogP contribution in [0, 0.1) is 11.3 Å². The molecule has 2 saturated heterocycles. The van der Waals surface area contributed by atoms with Crippen LogP contribution in [0.15, 0.2) is 12.2 Å². The maximum atomic E-state index is 10.3. The van der Waals surface area contributed by atoms with E-state index in [2.05, 4.69) is 39.6 Å². The minimum Gasteiger partial charge on any atom is -0.385 e. The van der Waals surface area contributed by atoms with Gasteiger partial charge in [-0.1, -0.05) is 67.5 Å². The Kier molecular flexibility index (Phi) is 26.2. The van der Waals surface area contributed by atoms with Gasteiger partial charge in [-0.05, 0) is 45.1 Å². The van der Waals surface area contributed by atoms with Gasteiger partial charge in [0.05, 0.1) is 24.9 Å². The fourth-order valence-electron chi connectivity index (χ4n) is 3.17. The molecule has 0 aromatic heterocycles. The van der Waals surface area contributed by atoms with Crippen LogP contribution in [0.25, 0.3) is 0 Å². The third-order valence-electron chi connectivity index (χ3n) is 5.30. The summed E-state index contributed by atoms with van der Waals surface area (Å²) in [6, 6.07) is 0. The first-order valence-electron chi connectivity index (χ1n) is 12.7. The molecule has 4 unspecified atom stereocenters. The molecule has 4 atom stereocenters. The molecule has 0 saturated carbocycles. The highest BCUT2D eigenvalue weighted by atomic mass is 16.5. The first kappa shape index (κ1) is 35.8. The van der Waals surface area contributed by atoms with Gasteiger partial charge in [-0.2, -0.15) is 0 Å². The minimum atomic E-state index is 0.0706. The van der Waals surface area contributed by atoms with Gasteiger partial charge in [0, 0.05) is 32.6 Å². The lowest BCUT2D eigenvalue weighted by Gasteiger charge is -2.34. The highest BCUT2D eigenvalue weighted by Gasteiger charge is 2.27. The van der Waals surface area contributed by atoms with Gasteiger partial charge in [-0.3, -0.25) is 0 Å². The Hall–Kier alpha value is -0.750. The zero-order valence-electron chi connectivity index (χ0n) is 23.4. The summed E-state index contributed by atoms with van der Waals surface area (Å²) in [7, 11) is 3.69. The summed E-state index contributed by atoms with van der Waals surface area (Å²) >= 11 is 0. The lowest BCUT2D eigenvalue weighted by molar-refractivity contribution is -0.113. The first-order chi connectivity index (χ1) is 15.2. The molecular weight excluding hydrogens is 402 g/mol. The number of nitrogens with one attached hydrogen (secondary N) is 1. The van der Waals surface area contributed by atoms with E-state index in [4.69, 9.17) is 14.2 Å². The molecular formula is C27H57NO4. The maximum Gasteiger partial charge on any atom is 0.122 e. The molecule has 2 aliphatic rings. The van der Waals surface area contributed by atoms with Crippen molar-refractivity contribution in [2.75, 3.05) is 33.9 Å². The molecule has 2 aliphatic heterocycles. The van der Waals surface area contributed by atoms with Gasteiger partial charge in [-0.15, -0.1) is 0 Å². The van der Waals surface area contributed by atoms with E-state index in [0.717, 1.165) is 38.9 Å². The smallest absolute Gasteiger partial charge is 0.122 e. The van der Waals surface area contributed by atoms with E-state index >= 15 is 0 Å². The van der Waals surface area contributed by atoms with Crippen LogP contribution in [-0.4, -0.2) is 58.5 Å². The third kappa shape index (κ3) is 18.8. The van der Waals surface area contributed by atoms with Gasteiger partial charge in [-0.25, -0.2) is 0 Å². The number of aldehydes is 1. The molecule has 2 rings (SSSR count). The van der Waals surface area contributed by atoms with E-state index in [1.54, 1.807) is 7.11 Å². The molecule has 0 aliphatic carbocycles. The van der Waals surface area contributed by atoms with Gasteiger partial charge >= 0.3 is 0 Å². The summed E-state index contributed by atoms with van der Waals surface area (Å²) in [6.45, 7) is 25.6. The van der Waals surface area contributed by atoms with Crippen LogP contribution in [0.5, 0.6) is 0 Å². The Morgan fingerprint density at radius 2 is 1.78 bits per heavy atom. The van der Waals surface area contributed by atoms with Crippen molar-refractivity contribution in [3.63, 3.8) is 0 Å². The second-order valence-corrected chi connectivity index (χ2v) is 8.70. The average molecular weight is 460 g/mol. The Bertz CT molecular complexity index is 414. The van der Waals surface area contributed by atoms with Crippen molar-refractivity contribution < 1.29 is 19.0 Å². The number of methoxy groups -OCH3 is 1. The second kappa shape index (κ2) is 23.4. The molecule has 1 N–H and O–H groups in total. The summed E-state index contributed by atoms with van der Waals surface area (Å²) < 4.78 is 16.0. The number of ether oxygens (including phenoxy) is 3. The third-order valence-corrected chi connectivity index (χ3v) is 5.30. The first-order valence-corrected chi connectivity index (χ1v) is 12.7. The van der Waals surface area contributed by atoms with Crippen LogP contribution in [0.4, 0.5) is 0 Å². The van der Waals surface area contributed by atoms with Gasteiger partial charge in [0.15, 0.2) is 0 Å². The quantitative estimate of drug-likeness (QED) is 0.365. The number of likely N-dealkylation sites (N-methyl/N-ethyl adjacent to an activating group) is 1. The van der Waals surface area contributed by atoms with Crippen LogP contribution < -0.4 is 5.32 Å². The summed E-state index contributed by atoms with van der Waals surface area (Å²) in [4.78, 5) is 10.3. The van der Waals surface area contributed by atoms with Crippen molar-refractivity contribution in [3.8, 4) is 0 Å². The van der Waals surface area contributed by atoms with E-state index in [1.165, 1.54) is 18.4 Å².